The summed E-state index contributed by atoms with van der Waals surface area (Å²) in [5.74, 6) is 0.590. The van der Waals surface area contributed by atoms with Crippen molar-refractivity contribution < 1.29 is 14.3 Å². The van der Waals surface area contributed by atoms with Gasteiger partial charge in [0.25, 0.3) is 0 Å². The Morgan fingerprint density at radius 3 is 2.78 bits per heavy atom. The number of hydrogen-bond donors (Lipinski definition) is 1. The molecule has 3 heterocycles. The summed E-state index contributed by atoms with van der Waals surface area (Å²) < 4.78 is 7.09. The number of urea groups is 1. The van der Waals surface area contributed by atoms with Crippen molar-refractivity contribution in [3.63, 3.8) is 0 Å². The molecular formula is C15H23N5O3. The van der Waals surface area contributed by atoms with Gasteiger partial charge in [-0.05, 0) is 12.8 Å². The van der Waals surface area contributed by atoms with Crippen LogP contribution in [-0.4, -0.2) is 70.7 Å². The van der Waals surface area contributed by atoms with Crippen LogP contribution in [0.3, 0.4) is 0 Å². The minimum Gasteiger partial charge on any atom is -0.378 e. The van der Waals surface area contributed by atoms with E-state index in [1.807, 2.05) is 9.80 Å². The van der Waals surface area contributed by atoms with Crippen LogP contribution in [0.2, 0.25) is 0 Å². The van der Waals surface area contributed by atoms with Gasteiger partial charge in [0.15, 0.2) is 0 Å². The minimum absolute atomic E-state index is 0.0750. The number of imidazole rings is 1. The molecule has 2 saturated heterocycles. The maximum atomic E-state index is 12.6. The van der Waals surface area contributed by atoms with E-state index in [9.17, 15) is 9.59 Å². The van der Waals surface area contributed by atoms with E-state index in [1.165, 1.54) is 0 Å². The molecule has 8 nitrogen and oxygen atoms in total. The van der Waals surface area contributed by atoms with Crippen LogP contribution in [0.15, 0.2) is 12.4 Å². The van der Waals surface area contributed by atoms with Crippen LogP contribution in [0.25, 0.3) is 0 Å². The summed E-state index contributed by atoms with van der Waals surface area (Å²) in [6, 6.07) is 0.0750. The predicted molar refractivity (Wildman–Crippen MR) is 82.8 cm³/mol. The first-order valence-corrected chi connectivity index (χ1v) is 8.06. The summed E-state index contributed by atoms with van der Waals surface area (Å²) in [4.78, 5) is 31.9. The van der Waals surface area contributed by atoms with Gasteiger partial charge in [-0.3, -0.25) is 4.79 Å². The van der Waals surface area contributed by atoms with Gasteiger partial charge >= 0.3 is 6.03 Å². The van der Waals surface area contributed by atoms with Gasteiger partial charge in [-0.2, -0.15) is 0 Å². The van der Waals surface area contributed by atoms with Crippen molar-refractivity contribution in [2.24, 2.45) is 5.73 Å². The van der Waals surface area contributed by atoms with Crippen LogP contribution < -0.4 is 5.73 Å². The Bertz CT molecular complexity index is 567. The molecule has 0 bridgehead atoms. The second-order valence-electron chi connectivity index (χ2n) is 6.05. The molecule has 2 aliphatic heterocycles. The summed E-state index contributed by atoms with van der Waals surface area (Å²) in [5, 5.41) is 0. The van der Waals surface area contributed by atoms with E-state index in [2.05, 4.69) is 4.98 Å². The molecule has 126 valence electrons. The monoisotopic (exact) mass is 321 g/mol. The Hall–Kier alpha value is -2.09. The average molecular weight is 321 g/mol. The molecule has 3 rings (SSSR count). The molecule has 0 aliphatic carbocycles. The summed E-state index contributed by atoms with van der Waals surface area (Å²) in [6.07, 6.45) is 5.34. The number of primary amides is 1. The van der Waals surface area contributed by atoms with Crippen molar-refractivity contribution in [3.05, 3.63) is 18.2 Å². The molecule has 1 aromatic rings. The van der Waals surface area contributed by atoms with Crippen molar-refractivity contribution in [3.8, 4) is 0 Å². The van der Waals surface area contributed by atoms with Crippen LogP contribution in [0.5, 0.6) is 0 Å². The molecule has 1 aromatic heterocycles. The Labute approximate surface area is 135 Å². The standard InChI is InChI=1S/C15H23N5O3/c16-13(21)11-19-5-3-17-14(19)12-2-1-4-20(10-12)15(22)18-6-8-23-9-7-18/h3,5,12H,1-2,4,6-11H2,(H2,16,21). The van der Waals surface area contributed by atoms with Crippen molar-refractivity contribution >= 4 is 11.9 Å². The fourth-order valence-corrected chi connectivity index (χ4v) is 3.30. The van der Waals surface area contributed by atoms with Gasteiger partial charge in [0.05, 0.1) is 13.2 Å². The number of nitrogens with two attached hydrogens (primary N) is 1. The van der Waals surface area contributed by atoms with Gasteiger partial charge < -0.3 is 24.8 Å². The minimum atomic E-state index is -0.388. The van der Waals surface area contributed by atoms with Gasteiger partial charge in [-0.15, -0.1) is 0 Å². The number of hydrogen-bond acceptors (Lipinski definition) is 4. The second-order valence-corrected chi connectivity index (χ2v) is 6.05. The van der Waals surface area contributed by atoms with Gasteiger partial charge in [-0.1, -0.05) is 0 Å². The fourth-order valence-electron chi connectivity index (χ4n) is 3.30. The van der Waals surface area contributed by atoms with E-state index in [1.54, 1.807) is 17.0 Å². The SMILES string of the molecule is NC(=O)Cn1ccnc1C1CCCN(C(=O)N2CCOCC2)C1. The highest BCUT2D eigenvalue weighted by atomic mass is 16.5. The quantitative estimate of drug-likeness (QED) is 0.848. The Morgan fingerprint density at radius 1 is 1.26 bits per heavy atom. The highest BCUT2D eigenvalue weighted by Crippen LogP contribution is 2.26. The third-order valence-corrected chi connectivity index (χ3v) is 4.41. The molecule has 0 spiro atoms. The number of carbonyl (C=O) groups excluding carboxylic acids is 2. The lowest BCUT2D eigenvalue weighted by Crippen LogP contribution is -2.50. The average Bonchev–Trinajstić information content (AvgIpc) is 3.02. The van der Waals surface area contributed by atoms with Gasteiger partial charge in [0.1, 0.15) is 12.4 Å². The third kappa shape index (κ3) is 3.64. The number of ether oxygens (including phenoxy) is 1. The van der Waals surface area contributed by atoms with Crippen LogP contribution in [-0.2, 0) is 16.1 Å². The molecule has 0 saturated carbocycles. The molecule has 1 unspecified atom stereocenters. The summed E-state index contributed by atoms with van der Waals surface area (Å²) >= 11 is 0. The highest BCUT2D eigenvalue weighted by molar-refractivity contribution is 5.75. The number of piperidine rings is 1. The molecule has 0 radical (unpaired) electrons. The summed E-state index contributed by atoms with van der Waals surface area (Å²) in [5.41, 5.74) is 5.28. The molecule has 8 heteroatoms. The van der Waals surface area contributed by atoms with Crippen LogP contribution >= 0.6 is 0 Å². The fraction of sp³-hybridized carbons (Fsp3) is 0.667. The molecule has 3 amide bonds. The maximum absolute atomic E-state index is 12.6. The smallest absolute Gasteiger partial charge is 0.320 e. The summed E-state index contributed by atoms with van der Waals surface area (Å²) in [6.45, 7) is 4.03. The normalized spacial score (nSPS) is 22.2. The van der Waals surface area contributed by atoms with Crippen molar-refractivity contribution in [1.29, 1.82) is 0 Å². The maximum Gasteiger partial charge on any atom is 0.320 e. The van der Waals surface area contributed by atoms with Gasteiger partial charge in [0, 0.05) is 44.5 Å². The predicted octanol–water partition coefficient (Wildman–Crippen LogP) is -0.000000000000000222. The largest absolute Gasteiger partial charge is 0.378 e. The second kappa shape index (κ2) is 6.99. The zero-order valence-corrected chi connectivity index (χ0v) is 13.2. The number of amides is 3. The van der Waals surface area contributed by atoms with E-state index < -0.39 is 0 Å². The number of nitrogens with zero attached hydrogens (tertiary/aromatic N) is 4. The summed E-state index contributed by atoms with van der Waals surface area (Å²) in [7, 11) is 0. The Balaban J connectivity index is 1.67. The zero-order valence-electron chi connectivity index (χ0n) is 13.2. The lowest BCUT2D eigenvalue weighted by Gasteiger charge is -2.37. The number of carbonyl (C=O) groups is 2. The van der Waals surface area contributed by atoms with Crippen molar-refractivity contribution in [2.45, 2.75) is 25.3 Å². The molecule has 2 fully saturated rings. The van der Waals surface area contributed by atoms with E-state index in [-0.39, 0.29) is 24.4 Å². The Kier molecular flexibility index (Phi) is 4.80. The van der Waals surface area contributed by atoms with Gasteiger partial charge in [0.2, 0.25) is 5.91 Å². The van der Waals surface area contributed by atoms with E-state index in [4.69, 9.17) is 10.5 Å². The van der Waals surface area contributed by atoms with Crippen molar-refractivity contribution in [2.75, 3.05) is 39.4 Å². The zero-order chi connectivity index (χ0) is 16.2. The molecule has 2 N–H and O–H groups in total. The van der Waals surface area contributed by atoms with Crippen LogP contribution in [0, 0.1) is 0 Å². The van der Waals surface area contributed by atoms with Crippen LogP contribution in [0.1, 0.15) is 24.6 Å². The topological polar surface area (TPSA) is 93.7 Å². The molecule has 23 heavy (non-hydrogen) atoms. The first kappa shape index (κ1) is 15.8. The number of aromatic nitrogens is 2. The molecule has 0 aromatic carbocycles. The van der Waals surface area contributed by atoms with E-state index >= 15 is 0 Å². The lowest BCUT2D eigenvalue weighted by molar-refractivity contribution is -0.118. The molecular weight excluding hydrogens is 298 g/mol. The number of morpholine rings is 1. The van der Waals surface area contributed by atoms with E-state index in [0.29, 0.717) is 32.8 Å². The Morgan fingerprint density at radius 2 is 2.04 bits per heavy atom. The lowest BCUT2D eigenvalue weighted by atomic mass is 9.97. The van der Waals surface area contributed by atoms with E-state index in [0.717, 1.165) is 25.2 Å². The highest BCUT2D eigenvalue weighted by Gasteiger charge is 2.30. The number of likely N-dealkylation sites (tertiary alicyclic amines) is 1. The third-order valence-electron chi connectivity index (χ3n) is 4.41. The first-order chi connectivity index (χ1) is 11.1. The van der Waals surface area contributed by atoms with Gasteiger partial charge in [-0.25, -0.2) is 9.78 Å². The molecule has 2 aliphatic rings. The molecule has 1 atom stereocenters. The van der Waals surface area contributed by atoms with Crippen molar-refractivity contribution in [1.82, 2.24) is 19.4 Å². The first-order valence-electron chi connectivity index (χ1n) is 8.06. The number of rotatable bonds is 3. The van der Waals surface area contributed by atoms with Crippen LogP contribution in [0.4, 0.5) is 4.79 Å².